The molecule has 0 aromatic rings. The van der Waals surface area contributed by atoms with Gasteiger partial charge in [0.2, 0.25) is 0 Å². The van der Waals surface area contributed by atoms with E-state index in [9.17, 15) is 13.2 Å². The lowest BCUT2D eigenvalue weighted by Gasteiger charge is -2.23. The number of ether oxygens (including phenoxy) is 1. The van der Waals surface area contributed by atoms with Crippen molar-refractivity contribution in [3.8, 4) is 0 Å². The molecule has 1 N–H and O–H groups in total. The number of hydrogen-bond acceptors (Lipinski definition) is 4. The van der Waals surface area contributed by atoms with E-state index in [1.54, 1.807) is 7.05 Å². The molecule has 1 saturated heterocycles. The molecule has 1 atom stereocenters. The van der Waals surface area contributed by atoms with Crippen molar-refractivity contribution < 1.29 is 17.9 Å². The van der Waals surface area contributed by atoms with E-state index in [-0.39, 0.29) is 30.3 Å². The third kappa shape index (κ3) is 3.35. The van der Waals surface area contributed by atoms with E-state index in [1.807, 2.05) is 0 Å². The van der Waals surface area contributed by atoms with Crippen LogP contribution in [0.1, 0.15) is 6.42 Å². The van der Waals surface area contributed by atoms with Crippen LogP contribution in [-0.4, -0.2) is 57.8 Å². The van der Waals surface area contributed by atoms with Gasteiger partial charge in [0, 0.05) is 20.2 Å². The number of urea groups is 1. The van der Waals surface area contributed by atoms with E-state index >= 15 is 0 Å². The number of carbonyl (C=O) groups is 1. The minimum absolute atomic E-state index is 0.0594. The quantitative estimate of drug-likeness (QED) is 0.665. The first kappa shape index (κ1) is 12.3. The summed E-state index contributed by atoms with van der Waals surface area (Å²) in [6, 6.07) is -0.522. The standard InChI is InChI=1S/C8H16N2O4S/c1-10(8(11)9-6-14-2)7-3-4-15(12,13)5-7/h7H,3-6H2,1-2H3,(H,9,11). The molecule has 0 bridgehead atoms. The van der Waals surface area contributed by atoms with Crippen molar-refractivity contribution in [2.75, 3.05) is 32.4 Å². The zero-order valence-corrected chi connectivity index (χ0v) is 9.71. The highest BCUT2D eigenvalue weighted by Gasteiger charge is 2.32. The Balaban J connectivity index is 2.47. The summed E-state index contributed by atoms with van der Waals surface area (Å²) in [5, 5.41) is 2.51. The van der Waals surface area contributed by atoms with Crippen molar-refractivity contribution in [2.24, 2.45) is 0 Å². The number of methoxy groups -OCH3 is 1. The summed E-state index contributed by atoms with van der Waals surface area (Å²) >= 11 is 0. The highest BCUT2D eigenvalue weighted by atomic mass is 32.2. The van der Waals surface area contributed by atoms with E-state index in [0.717, 1.165) is 0 Å². The van der Waals surface area contributed by atoms with Crippen LogP contribution in [0.2, 0.25) is 0 Å². The zero-order valence-electron chi connectivity index (χ0n) is 8.89. The van der Waals surface area contributed by atoms with Gasteiger partial charge in [-0.2, -0.15) is 0 Å². The number of carbonyl (C=O) groups excluding carboxylic acids is 1. The van der Waals surface area contributed by atoms with Gasteiger partial charge in [0.25, 0.3) is 0 Å². The summed E-state index contributed by atoms with van der Waals surface area (Å²) in [6.45, 7) is 0.128. The Bertz CT molecular complexity index is 328. The minimum atomic E-state index is -2.95. The lowest BCUT2D eigenvalue weighted by molar-refractivity contribution is 0.152. The second kappa shape index (κ2) is 4.80. The maximum Gasteiger partial charge on any atom is 0.319 e. The second-order valence-electron chi connectivity index (χ2n) is 3.58. The lowest BCUT2D eigenvalue weighted by Crippen LogP contribution is -2.44. The molecule has 1 aliphatic heterocycles. The molecule has 0 aromatic heterocycles. The molecule has 0 aromatic carbocycles. The molecule has 7 heteroatoms. The first-order valence-electron chi connectivity index (χ1n) is 4.66. The van der Waals surface area contributed by atoms with Crippen LogP contribution in [0.3, 0.4) is 0 Å². The van der Waals surface area contributed by atoms with Crippen LogP contribution in [0.5, 0.6) is 0 Å². The molecule has 0 spiro atoms. The van der Waals surface area contributed by atoms with Crippen molar-refractivity contribution in [1.29, 1.82) is 0 Å². The zero-order chi connectivity index (χ0) is 11.5. The van der Waals surface area contributed by atoms with Crippen molar-refractivity contribution in [1.82, 2.24) is 10.2 Å². The Morgan fingerprint density at radius 2 is 2.27 bits per heavy atom. The van der Waals surface area contributed by atoms with Gasteiger partial charge in [-0.05, 0) is 6.42 Å². The number of nitrogens with one attached hydrogen (secondary N) is 1. The van der Waals surface area contributed by atoms with Gasteiger partial charge in [0.1, 0.15) is 6.73 Å². The molecule has 88 valence electrons. The summed E-state index contributed by atoms with van der Waals surface area (Å²) in [4.78, 5) is 12.9. The Morgan fingerprint density at radius 1 is 1.60 bits per heavy atom. The lowest BCUT2D eigenvalue weighted by atomic mass is 10.2. The van der Waals surface area contributed by atoms with Crippen molar-refractivity contribution >= 4 is 15.9 Å². The Hall–Kier alpha value is -0.820. The van der Waals surface area contributed by atoms with Crippen molar-refractivity contribution in [3.63, 3.8) is 0 Å². The van der Waals surface area contributed by atoms with Gasteiger partial charge in [-0.15, -0.1) is 0 Å². The fourth-order valence-electron chi connectivity index (χ4n) is 1.51. The topological polar surface area (TPSA) is 75.7 Å². The number of nitrogens with zero attached hydrogens (tertiary/aromatic N) is 1. The summed E-state index contributed by atoms with van der Waals surface area (Å²) < 4.78 is 27.1. The largest absolute Gasteiger partial charge is 0.364 e. The Labute approximate surface area is 89.5 Å². The number of sulfone groups is 1. The Kier molecular flexibility index (Phi) is 3.92. The molecule has 1 fully saturated rings. The average Bonchev–Trinajstić information content (AvgIpc) is 2.54. The molecule has 1 unspecified atom stereocenters. The highest BCUT2D eigenvalue weighted by molar-refractivity contribution is 7.91. The van der Waals surface area contributed by atoms with Crippen LogP contribution in [0, 0.1) is 0 Å². The number of hydrogen-bond donors (Lipinski definition) is 1. The first-order chi connectivity index (χ1) is 6.96. The fourth-order valence-corrected chi connectivity index (χ4v) is 3.28. The normalized spacial score (nSPS) is 23.7. The molecule has 15 heavy (non-hydrogen) atoms. The van der Waals surface area contributed by atoms with Gasteiger partial charge >= 0.3 is 6.03 Å². The SMILES string of the molecule is COCNC(=O)N(C)C1CCS(=O)(=O)C1. The van der Waals surface area contributed by atoms with Gasteiger partial charge in [-0.3, -0.25) is 0 Å². The molecule has 1 rings (SSSR count). The van der Waals surface area contributed by atoms with Crippen LogP contribution in [0.25, 0.3) is 0 Å². The Morgan fingerprint density at radius 3 is 2.73 bits per heavy atom. The highest BCUT2D eigenvalue weighted by Crippen LogP contribution is 2.16. The van der Waals surface area contributed by atoms with E-state index in [4.69, 9.17) is 0 Å². The molecular weight excluding hydrogens is 220 g/mol. The molecule has 1 aliphatic rings. The van der Waals surface area contributed by atoms with E-state index in [2.05, 4.69) is 10.1 Å². The van der Waals surface area contributed by atoms with E-state index in [1.165, 1.54) is 12.0 Å². The summed E-state index contributed by atoms with van der Waals surface area (Å²) in [6.07, 6.45) is 0.513. The van der Waals surface area contributed by atoms with Gasteiger partial charge in [-0.25, -0.2) is 13.2 Å². The molecule has 0 aliphatic carbocycles. The molecule has 1 heterocycles. The van der Waals surface area contributed by atoms with Crippen molar-refractivity contribution in [3.05, 3.63) is 0 Å². The molecule has 0 radical (unpaired) electrons. The monoisotopic (exact) mass is 236 g/mol. The molecule has 2 amide bonds. The maximum absolute atomic E-state index is 11.4. The maximum atomic E-state index is 11.4. The molecule has 0 saturated carbocycles. The van der Waals surface area contributed by atoms with E-state index < -0.39 is 9.84 Å². The predicted octanol–water partition coefficient (Wildman–Crippen LogP) is -0.581. The summed E-state index contributed by atoms with van der Waals surface area (Å²) in [7, 11) is 0.119. The van der Waals surface area contributed by atoms with Crippen LogP contribution in [0.15, 0.2) is 0 Å². The summed E-state index contributed by atoms with van der Waals surface area (Å²) in [5.74, 6) is 0.226. The third-order valence-corrected chi connectivity index (χ3v) is 4.19. The number of rotatable bonds is 3. The van der Waals surface area contributed by atoms with Crippen LogP contribution in [-0.2, 0) is 14.6 Å². The van der Waals surface area contributed by atoms with E-state index in [0.29, 0.717) is 6.42 Å². The minimum Gasteiger partial charge on any atom is -0.364 e. The van der Waals surface area contributed by atoms with Gasteiger partial charge < -0.3 is 15.0 Å². The predicted molar refractivity (Wildman–Crippen MR) is 55.2 cm³/mol. The smallest absolute Gasteiger partial charge is 0.319 e. The fraction of sp³-hybridized carbons (Fsp3) is 0.875. The summed E-state index contributed by atoms with van der Waals surface area (Å²) in [5.41, 5.74) is 0. The van der Waals surface area contributed by atoms with Gasteiger partial charge in [0.15, 0.2) is 9.84 Å². The molecular formula is C8H16N2O4S. The van der Waals surface area contributed by atoms with Crippen molar-refractivity contribution in [2.45, 2.75) is 12.5 Å². The van der Waals surface area contributed by atoms with Gasteiger partial charge in [0.05, 0.1) is 11.5 Å². The van der Waals surface area contributed by atoms with Crippen LogP contribution < -0.4 is 5.32 Å². The average molecular weight is 236 g/mol. The first-order valence-corrected chi connectivity index (χ1v) is 6.48. The molecule has 6 nitrogen and oxygen atoms in total. The second-order valence-corrected chi connectivity index (χ2v) is 5.81. The van der Waals surface area contributed by atoms with Crippen LogP contribution >= 0.6 is 0 Å². The number of amides is 2. The third-order valence-electron chi connectivity index (χ3n) is 2.44. The van der Waals surface area contributed by atoms with Crippen LogP contribution in [0.4, 0.5) is 4.79 Å². The van der Waals surface area contributed by atoms with Gasteiger partial charge in [-0.1, -0.05) is 0 Å².